The van der Waals surface area contributed by atoms with Gasteiger partial charge in [-0.3, -0.25) is 9.52 Å². The monoisotopic (exact) mass is 560 g/mol. The number of Topliss-reactive ketones (excluding diaryl/α,β-unsaturated/α-hetero) is 1. The summed E-state index contributed by atoms with van der Waals surface area (Å²) in [7, 11) is -3.92. The number of rotatable bonds is 10. The minimum atomic E-state index is -3.92. The average molecular weight is 561 g/mol. The van der Waals surface area contributed by atoms with E-state index in [1.54, 1.807) is 36.4 Å². The van der Waals surface area contributed by atoms with Gasteiger partial charge in [-0.15, -0.1) is 0 Å². The summed E-state index contributed by atoms with van der Waals surface area (Å²) in [5, 5.41) is 11.1. The molecular weight excluding hydrogens is 528 g/mol. The summed E-state index contributed by atoms with van der Waals surface area (Å²) < 4.78 is 34.2. The molecule has 0 spiro atoms. The number of carbonyl (C=O) groups excluding carboxylic acids is 2. The van der Waals surface area contributed by atoms with Gasteiger partial charge in [0.2, 0.25) is 5.78 Å². The van der Waals surface area contributed by atoms with E-state index in [1.165, 1.54) is 12.1 Å². The van der Waals surface area contributed by atoms with Gasteiger partial charge >= 0.3 is 5.97 Å². The van der Waals surface area contributed by atoms with Crippen LogP contribution in [0.5, 0.6) is 0 Å². The Hall–Kier alpha value is -4.11. The number of ether oxygens (including phenoxy) is 1. The van der Waals surface area contributed by atoms with Gasteiger partial charge in [0.25, 0.3) is 10.0 Å². The SMILES string of the molecule is CCC(Cc1ccccc1)C1OC(=O)C(C(c2cccc(NS(=O)(=O)c3cccc(N)c3)c2)C2CC2)=C(O)C1=O. The van der Waals surface area contributed by atoms with Crippen molar-refractivity contribution in [2.75, 3.05) is 10.5 Å². The maximum Gasteiger partial charge on any atom is 0.339 e. The number of esters is 1. The van der Waals surface area contributed by atoms with Gasteiger partial charge in [0, 0.05) is 23.2 Å². The highest BCUT2D eigenvalue weighted by molar-refractivity contribution is 7.92. The number of anilines is 2. The molecule has 9 heteroatoms. The smallest absolute Gasteiger partial charge is 0.339 e. The largest absolute Gasteiger partial charge is 0.504 e. The Labute approximate surface area is 233 Å². The molecule has 3 aromatic rings. The second-order valence-corrected chi connectivity index (χ2v) is 12.1. The van der Waals surface area contributed by atoms with Gasteiger partial charge in [-0.1, -0.05) is 55.5 Å². The number of hydrogen-bond acceptors (Lipinski definition) is 7. The van der Waals surface area contributed by atoms with E-state index in [4.69, 9.17) is 10.5 Å². The fourth-order valence-electron chi connectivity index (χ4n) is 5.36. The van der Waals surface area contributed by atoms with Crippen molar-refractivity contribution >= 4 is 33.2 Å². The summed E-state index contributed by atoms with van der Waals surface area (Å²) in [4.78, 5) is 26.8. The molecule has 1 saturated carbocycles. The summed E-state index contributed by atoms with van der Waals surface area (Å²) >= 11 is 0. The predicted molar refractivity (Wildman–Crippen MR) is 152 cm³/mol. The van der Waals surface area contributed by atoms with Gasteiger partial charge in [0.15, 0.2) is 11.9 Å². The van der Waals surface area contributed by atoms with E-state index >= 15 is 0 Å². The molecule has 1 aliphatic heterocycles. The molecule has 0 radical (unpaired) electrons. The Morgan fingerprint density at radius 2 is 1.73 bits per heavy atom. The van der Waals surface area contributed by atoms with Crippen LogP contribution in [0.3, 0.4) is 0 Å². The molecule has 8 nitrogen and oxygen atoms in total. The van der Waals surface area contributed by atoms with Crippen LogP contribution in [0.15, 0.2) is 95.1 Å². The Kier molecular flexibility index (Phi) is 7.67. The number of aliphatic hydroxyl groups excluding tert-OH is 1. The van der Waals surface area contributed by atoms with Crippen molar-refractivity contribution in [1.29, 1.82) is 0 Å². The third-order valence-electron chi connectivity index (χ3n) is 7.56. The van der Waals surface area contributed by atoms with Crippen LogP contribution >= 0.6 is 0 Å². The first-order valence-electron chi connectivity index (χ1n) is 13.4. The zero-order valence-corrected chi connectivity index (χ0v) is 22.9. The number of nitrogens with one attached hydrogen (secondary N) is 1. The molecule has 3 aromatic carbocycles. The molecule has 1 heterocycles. The quantitative estimate of drug-likeness (QED) is 0.231. The molecule has 0 saturated heterocycles. The lowest BCUT2D eigenvalue weighted by Gasteiger charge is -2.31. The summed E-state index contributed by atoms with van der Waals surface area (Å²) in [5.74, 6) is -2.75. The maximum absolute atomic E-state index is 13.4. The molecule has 4 N–H and O–H groups in total. The van der Waals surface area contributed by atoms with Crippen molar-refractivity contribution in [2.45, 2.75) is 49.5 Å². The van der Waals surface area contributed by atoms with E-state index in [1.807, 2.05) is 37.3 Å². The van der Waals surface area contributed by atoms with E-state index < -0.39 is 39.6 Å². The molecule has 1 fully saturated rings. The molecule has 0 amide bonds. The van der Waals surface area contributed by atoms with Crippen molar-refractivity contribution in [3.63, 3.8) is 0 Å². The number of sulfonamides is 1. The molecule has 2 aliphatic rings. The second-order valence-electron chi connectivity index (χ2n) is 10.4. The zero-order valence-electron chi connectivity index (χ0n) is 22.1. The van der Waals surface area contributed by atoms with Gasteiger partial charge < -0.3 is 15.6 Å². The molecule has 0 aromatic heterocycles. The predicted octanol–water partition coefficient (Wildman–Crippen LogP) is 5.14. The lowest BCUT2D eigenvalue weighted by atomic mass is 9.81. The minimum Gasteiger partial charge on any atom is -0.504 e. The molecule has 5 rings (SSSR count). The van der Waals surface area contributed by atoms with E-state index in [-0.39, 0.29) is 28.0 Å². The van der Waals surface area contributed by atoms with Crippen LogP contribution in [0.1, 0.15) is 43.2 Å². The number of benzene rings is 3. The fraction of sp³-hybridized carbons (Fsp3) is 0.290. The molecule has 208 valence electrons. The Bertz CT molecular complexity index is 1560. The number of aliphatic hydroxyl groups is 1. The highest BCUT2D eigenvalue weighted by Gasteiger charge is 2.47. The minimum absolute atomic E-state index is 0.0149. The second kappa shape index (κ2) is 11.2. The molecule has 3 unspecified atom stereocenters. The number of carbonyl (C=O) groups is 2. The lowest BCUT2D eigenvalue weighted by Crippen LogP contribution is -2.42. The van der Waals surface area contributed by atoms with Crippen molar-refractivity contribution in [3.8, 4) is 0 Å². The van der Waals surface area contributed by atoms with Gasteiger partial charge in [-0.25, -0.2) is 13.2 Å². The molecule has 3 atom stereocenters. The first-order valence-corrected chi connectivity index (χ1v) is 14.9. The Balaban J connectivity index is 1.43. The van der Waals surface area contributed by atoms with Crippen molar-refractivity contribution in [2.24, 2.45) is 11.8 Å². The van der Waals surface area contributed by atoms with Crippen LogP contribution in [0.25, 0.3) is 0 Å². The van der Waals surface area contributed by atoms with Gasteiger partial charge in [-0.2, -0.15) is 0 Å². The number of ketones is 1. The third-order valence-corrected chi connectivity index (χ3v) is 8.94. The van der Waals surface area contributed by atoms with Crippen LogP contribution in [0.2, 0.25) is 0 Å². The maximum atomic E-state index is 13.4. The first-order chi connectivity index (χ1) is 19.2. The summed E-state index contributed by atoms with van der Waals surface area (Å²) in [6.07, 6.45) is 1.65. The fourth-order valence-corrected chi connectivity index (χ4v) is 6.46. The molecular formula is C31H32N2O6S. The summed E-state index contributed by atoms with van der Waals surface area (Å²) in [6.45, 7) is 1.92. The average Bonchev–Trinajstić information content (AvgIpc) is 3.77. The number of hydrogen-bond donors (Lipinski definition) is 3. The first kappa shape index (κ1) is 27.5. The topological polar surface area (TPSA) is 136 Å². The van der Waals surface area contributed by atoms with E-state index in [9.17, 15) is 23.1 Å². The van der Waals surface area contributed by atoms with Crippen LogP contribution in [-0.2, 0) is 30.8 Å². The molecule has 40 heavy (non-hydrogen) atoms. The van der Waals surface area contributed by atoms with Crippen molar-refractivity contribution in [3.05, 3.63) is 101 Å². The van der Waals surface area contributed by atoms with E-state index in [2.05, 4.69) is 4.72 Å². The van der Waals surface area contributed by atoms with Crippen LogP contribution in [0, 0.1) is 11.8 Å². The van der Waals surface area contributed by atoms with Crippen LogP contribution < -0.4 is 10.5 Å². The van der Waals surface area contributed by atoms with Gasteiger partial charge in [-0.05, 0) is 73.1 Å². The lowest BCUT2D eigenvalue weighted by molar-refractivity contribution is -0.158. The molecule has 0 bridgehead atoms. The number of nitrogens with two attached hydrogens (primary N) is 1. The number of nitrogen functional groups attached to an aromatic ring is 1. The zero-order chi connectivity index (χ0) is 28.4. The van der Waals surface area contributed by atoms with E-state index in [0.29, 0.717) is 24.1 Å². The highest BCUT2D eigenvalue weighted by Crippen LogP contribution is 2.49. The van der Waals surface area contributed by atoms with Crippen LogP contribution in [0.4, 0.5) is 11.4 Å². The van der Waals surface area contributed by atoms with Gasteiger partial charge in [0.05, 0.1) is 10.5 Å². The van der Waals surface area contributed by atoms with Crippen molar-refractivity contribution < 1.29 is 27.9 Å². The summed E-state index contributed by atoms with van der Waals surface area (Å²) in [6, 6.07) is 22.3. The van der Waals surface area contributed by atoms with Crippen LogP contribution in [-0.4, -0.2) is 31.4 Å². The highest BCUT2D eigenvalue weighted by atomic mass is 32.2. The summed E-state index contributed by atoms with van der Waals surface area (Å²) in [5.41, 5.74) is 7.92. The van der Waals surface area contributed by atoms with Crippen molar-refractivity contribution in [1.82, 2.24) is 0 Å². The standard InChI is InChI=1S/C31H32N2O6S/c1-2-20(16-19-8-4-3-5-9-19)30-29(35)28(34)27(31(36)39-30)26(21-14-15-21)22-10-6-12-24(17-22)33-40(37,38)25-13-7-11-23(32)18-25/h3-13,17-18,20-21,26,30,33-34H,2,14-16,32H2,1H3. The van der Waals surface area contributed by atoms with Gasteiger partial charge in [0.1, 0.15) is 0 Å². The number of cyclic esters (lactones) is 1. The van der Waals surface area contributed by atoms with E-state index in [0.717, 1.165) is 18.4 Å². The normalized spacial score (nSPS) is 19.2. The Morgan fingerprint density at radius 1 is 1.00 bits per heavy atom. The molecule has 1 aliphatic carbocycles. The Morgan fingerprint density at radius 3 is 2.40 bits per heavy atom. The third kappa shape index (κ3) is 5.74.